The standard InChI is InChI=1S/C13H18N2O3S/c16-19(17,15-6-10-3-4-18-9-10)13-2-1-11-7-14-8-12(11)5-13/h1-2,5,10,14-15H,3-4,6-9H2. The minimum Gasteiger partial charge on any atom is -0.381 e. The van der Waals surface area contributed by atoms with E-state index in [-0.39, 0.29) is 0 Å². The van der Waals surface area contributed by atoms with Crippen LogP contribution in [0.3, 0.4) is 0 Å². The van der Waals surface area contributed by atoms with Gasteiger partial charge in [-0.05, 0) is 35.6 Å². The maximum Gasteiger partial charge on any atom is 0.240 e. The summed E-state index contributed by atoms with van der Waals surface area (Å²) in [4.78, 5) is 0.355. The van der Waals surface area contributed by atoms with Crippen molar-refractivity contribution in [3.05, 3.63) is 29.3 Å². The Balaban J connectivity index is 1.72. The molecule has 104 valence electrons. The largest absolute Gasteiger partial charge is 0.381 e. The molecule has 1 fully saturated rings. The Labute approximate surface area is 113 Å². The summed E-state index contributed by atoms with van der Waals surface area (Å²) in [6.07, 6.45) is 0.927. The number of rotatable bonds is 4. The van der Waals surface area contributed by atoms with Crippen molar-refractivity contribution in [2.75, 3.05) is 19.8 Å². The predicted octanol–water partition coefficient (Wildman–Crippen LogP) is 0.605. The van der Waals surface area contributed by atoms with Crippen LogP contribution in [0.2, 0.25) is 0 Å². The number of hydrogen-bond donors (Lipinski definition) is 2. The first kappa shape index (κ1) is 13.1. The van der Waals surface area contributed by atoms with Crippen molar-refractivity contribution in [1.29, 1.82) is 0 Å². The van der Waals surface area contributed by atoms with Gasteiger partial charge in [-0.1, -0.05) is 6.07 Å². The molecule has 2 N–H and O–H groups in total. The number of ether oxygens (including phenoxy) is 1. The van der Waals surface area contributed by atoms with Crippen molar-refractivity contribution in [2.24, 2.45) is 5.92 Å². The summed E-state index contributed by atoms with van der Waals surface area (Å²) < 4.78 is 32.4. The molecular weight excluding hydrogens is 264 g/mol. The third-order valence-electron chi connectivity index (χ3n) is 3.70. The number of nitrogens with one attached hydrogen (secondary N) is 2. The number of sulfonamides is 1. The minimum atomic E-state index is -3.40. The molecule has 6 heteroatoms. The van der Waals surface area contributed by atoms with Crippen LogP contribution in [0.4, 0.5) is 0 Å². The highest BCUT2D eigenvalue weighted by molar-refractivity contribution is 7.89. The first-order chi connectivity index (χ1) is 9.15. The zero-order valence-electron chi connectivity index (χ0n) is 10.7. The summed E-state index contributed by atoms with van der Waals surface area (Å²) in [6, 6.07) is 5.34. The van der Waals surface area contributed by atoms with E-state index in [1.807, 2.05) is 6.07 Å². The molecule has 2 heterocycles. The summed E-state index contributed by atoms with van der Waals surface area (Å²) >= 11 is 0. The summed E-state index contributed by atoms with van der Waals surface area (Å²) in [5, 5.41) is 3.21. The van der Waals surface area contributed by atoms with Gasteiger partial charge in [0.15, 0.2) is 0 Å². The highest BCUT2D eigenvalue weighted by Crippen LogP contribution is 2.20. The van der Waals surface area contributed by atoms with Gasteiger partial charge in [0.2, 0.25) is 10.0 Å². The summed E-state index contributed by atoms with van der Waals surface area (Å²) in [5.41, 5.74) is 2.26. The maximum absolute atomic E-state index is 12.2. The zero-order valence-corrected chi connectivity index (χ0v) is 11.5. The Morgan fingerprint density at radius 3 is 2.95 bits per heavy atom. The highest BCUT2D eigenvalue weighted by atomic mass is 32.2. The average molecular weight is 282 g/mol. The molecule has 0 amide bonds. The fourth-order valence-electron chi connectivity index (χ4n) is 2.49. The quantitative estimate of drug-likeness (QED) is 0.849. The lowest BCUT2D eigenvalue weighted by Crippen LogP contribution is -2.29. The van der Waals surface area contributed by atoms with Gasteiger partial charge in [-0.25, -0.2) is 13.1 Å². The SMILES string of the molecule is O=S(=O)(NCC1CCOC1)c1ccc2c(c1)CNC2. The van der Waals surface area contributed by atoms with E-state index in [4.69, 9.17) is 4.74 Å². The van der Waals surface area contributed by atoms with Gasteiger partial charge in [-0.15, -0.1) is 0 Å². The summed E-state index contributed by atoms with van der Waals surface area (Å²) in [7, 11) is -3.40. The van der Waals surface area contributed by atoms with Gasteiger partial charge in [0, 0.05) is 26.2 Å². The monoisotopic (exact) mass is 282 g/mol. The Kier molecular flexibility index (Phi) is 3.58. The second-order valence-electron chi connectivity index (χ2n) is 5.12. The molecule has 0 bridgehead atoms. The van der Waals surface area contributed by atoms with E-state index in [0.717, 1.165) is 31.7 Å². The molecule has 2 aliphatic rings. The van der Waals surface area contributed by atoms with Crippen molar-refractivity contribution in [3.63, 3.8) is 0 Å². The van der Waals surface area contributed by atoms with Gasteiger partial charge >= 0.3 is 0 Å². The van der Waals surface area contributed by atoms with Gasteiger partial charge in [0.1, 0.15) is 0 Å². The van der Waals surface area contributed by atoms with Crippen molar-refractivity contribution >= 4 is 10.0 Å². The van der Waals surface area contributed by atoms with Crippen LogP contribution in [0, 0.1) is 5.92 Å². The molecule has 0 spiro atoms. The van der Waals surface area contributed by atoms with E-state index in [2.05, 4.69) is 10.0 Å². The highest BCUT2D eigenvalue weighted by Gasteiger charge is 2.21. The molecule has 1 aromatic carbocycles. The first-order valence-electron chi connectivity index (χ1n) is 6.55. The number of hydrogen-bond acceptors (Lipinski definition) is 4. The van der Waals surface area contributed by atoms with Crippen LogP contribution < -0.4 is 10.0 Å². The van der Waals surface area contributed by atoms with Crippen LogP contribution in [0.5, 0.6) is 0 Å². The molecule has 0 radical (unpaired) electrons. The number of fused-ring (bicyclic) bond motifs is 1. The van der Waals surface area contributed by atoms with Gasteiger partial charge in [0.25, 0.3) is 0 Å². The molecule has 0 aliphatic carbocycles. The Morgan fingerprint density at radius 2 is 2.16 bits per heavy atom. The molecular formula is C13H18N2O3S. The molecule has 19 heavy (non-hydrogen) atoms. The summed E-state index contributed by atoms with van der Waals surface area (Å²) in [6.45, 7) is 3.41. The second kappa shape index (κ2) is 5.20. The summed E-state index contributed by atoms with van der Waals surface area (Å²) in [5.74, 6) is 0.297. The van der Waals surface area contributed by atoms with Crippen molar-refractivity contribution in [1.82, 2.24) is 10.0 Å². The van der Waals surface area contributed by atoms with E-state index in [1.54, 1.807) is 12.1 Å². The minimum absolute atomic E-state index is 0.297. The maximum atomic E-state index is 12.2. The third kappa shape index (κ3) is 2.81. The second-order valence-corrected chi connectivity index (χ2v) is 6.88. The zero-order chi connectivity index (χ0) is 13.3. The van der Waals surface area contributed by atoms with Crippen LogP contribution in [-0.2, 0) is 27.8 Å². The number of benzene rings is 1. The van der Waals surface area contributed by atoms with E-state index >= 15 is 0 Å². The third-order valence-corrected chi connectivity index (χ3v) is 5.13. The van der Waals surface area contributed by atoms with E-state index in [1.165, 1.54) is 5.56 Å². The van der Waals surface area contributed by atoms with Crippen molar-refractivity contribution in [2.45, 2.75) is 24.4 Å². The van der Waals surface area contributed by atoms with Gasteiger partial charge in [-0.2, -0.15) is 0 Å². The topological polar surface area (TPSA) is 67.4 Å². The fraction of sp³-hybridized carbons (Fsp3) is 0.538. The van der Waals surface area contributed by atoms with Crippen molar-refractivity contribution in [3.8, 4) is 0 Å². The Hall–Kier alpha value is -0.950. The van der Waals surface area contributed by atoms with Gasteiger partial charge in [-0.3, -0.25) is 0 Å². The molecule has 0 aromatic heterocycles. The molecule has 1 atom stereocenters. The normalized spacial score (nSPS) is 22.6. The lowest BCUT2D eigenvalue weighted by atomic mass is 10.1. The van der Waals surface area contributed by atoms with E-state index in [0.29, 0.717) is 24.0 Å². The molecule has 5 nitrogen and oxygen atoms in total. The molecule has 1 aromatic rings. The van der Waals surface area contributed by atoms with Gasteiger partial charge in [0.05, 0.1) is 11.5 Å². The Bertz CT molecular complexity index is 565. The van der Waals surface area contributed by atoms with Crippen LogP contribution in [-0.4, -0.2) is 28.2 Å². The van der Waals surface area contributed by atoms with Crippen LogP contribution in [0.25, 0.3) is 0 Å². The molecule has 1 saturated heterocycles. The molecule has 0 saturated carbocycles. The lowest BCUT2D eigenvalue weighted by molar-refractivity contribution is 0.186. The molecule has 1 unspecified atom stereocenters. The average Bonchev–Trinajstić information content (AvgIpc) is 3.06. The molecule has 2 aliphatic heterocycles. The fourth-order valence-corrected chi connectivity index (χ4v) is 3.66. The van der Waals surface area contributed by atoms with Crippen molar-refractivity contribution < 1.29 is 13.2 Å². The van der Waals surface area contributed by atoms with Crippen LogP contribution >= 0.6 is 0 Å². The predicted molar refractivity (Wildman–Crippen MR) is 71.1 cm³/mol. The van der Waals surface area contributed by atoms with E-state index < -0.39 is 10.0 Å². The smallest absolute Gasteiger partial charge is 0.240 e. The van der Waals surface area contributed by atoms with Gasteiger partial charge < -0.3 is 10.1 Å². The molecule has 3 rings (SSSR count). The van der Waals surface area contributed by atoms with Crippen LogP contribution in [0.15, 0.2) is 23.1 Å². The van der Waals surface area contributed by atoms with E-state index in [9.17, 15) is 8.42 Å². The Morgan fingerprint density at radius 1 is 1.32 bits per heavy atom. The first-order valence-corrected chi connectivity index (χ1v) is 8.03. The van der Waals surface area contributed by atoms with Crippen LogP contribution in [0.1, 0.15) is 17.5 Å². The lowest BCUT2D eigenvalue weighted by Gasteiger charge is -2.11.